The van der Waals surface area contributed by atoms with Crippen LogP contribution in [0, 0.1) is 5.82 Å². The zero-order chi connectivity index (χ0) is 12.8. The average Bonchev–Trinajstić information content (AvgIpc) is 2.63. The van der Waals surface area contributed by atoms with Crippen molar-refractivity contribution in [2.24, 2.45) is 11.5 Å². The Hall–Kier alpha value is -1.98. The summed E-state index contributed by atoms with van der Waals surface area (Å²) < 4.78 is 18.8. The van der Waals surface area contributed by atoms with Gasteiger partial charge in [0.2, 0.25) is 0 Å². The molecular weight excluding hydrogens is 233 g/mol. The van der Waals surface area contributed by atoms with Gasteiger partial charge in [0.15, 0.2) is 6.23 Å². The van der Waals surface area contributed by atoms with Crippen LogP contribution in [-0.4, -0.2) is 11.2 Å². The van der Waals surface area contributed by atoms with Gasteiger partial charge in [-0.1, -0.05) is 12.1 Å². The van der Waals surface area contributed by atoms with Crippen LogP contribution in [0.2, 0.25) is 0 Å². The van der Waals surface area contributed by atoms with Crippen LogP contribution in [0.1, 0.15) is 11.1 Å². The third-order valence-electron chi connectivity index (χ3n) is 3.24. The number of rotatable bonds is 1. The van der Waals surface area contributed by atoms with E-state index in [9.17, 15) is 4.39 Å². The van der Waals surface area contributed by atoms with E-state index in [0.29, 0.717) is 11.3 Å². The number of hydrogen-bond acceptors (Lipinski definition) is 4. The van der Waals surface area contributed by atoms with Gasteiger partial charge in [0, 0.05) is 11.8 Å². The number of pyridine rings is 1. The highest BCUT2D eigenvalue weighted by atomic mass is 19.1. The maximum atomic E-state index is 13.3. The number of nitrogens with zero attached hydrogens (tertiary/aromatic N) is 1. The van der Waals surface area contributed by atoms with Crippen molar-refractivity contribution < 1.29 is 9.13 Å². The lowest BCUT2D eigenvalue weighted by molar-refractivity contribution is 0.177. The summed E-state index contributed by atoms with van der Waals surface area (Å²) in [6.45, 7) is 0. The number of nitrogens with two attached hydrogens (primary N) is 2. The van der Waals surface area contributed by atoms with E-state index in [-0.39, 0.29) is 5.82 Å². The Kier molecular flexibility index (Phi) is 2.33. The monoisotopic (exact) mass is 245 g/mol. The molecule has 2 heterocycles. The summed E-state index contributed by atoms with van der Waals surface area (Å²) >= 11 is 0. The first-order chi connectivity index (χ1) is 8.62. The van der Waals surface area contributed by atoms with Crippen LogP contribution in [-0.2, 0) is 5.54 Å². The Morgan fingerprint density at radius 2 is 2.17 bits per heavy atom. The molecule has 92 valence electrons. The van der Waals surface area contributed by atoms with Crippen molar-refractivity contribution in [3.8, 4) is 5.75 Å². The molecule has 4 nitrogen and oxygen atoms in total. The second kappa shape index (κ2) is 3.76. The van der Waals surface area contributed by atoms with Gasteiger partial charge in [-0.2, -0.15) is 0 Å². The lowest BCUT2D eigenvalue weighted by Gasteiger charge is -2.28. The fourth-order valence-electron chi connectivity index (χ4n) is 2.26. The molecule has 4 N–H and O–H groups in total. The zero-order valence-corrected chi connectivity index (χ0v) is 9.51. The van der Waals surface area contributed by atoms with E-state index in [1.807, 2.05) is 0 Å². The maximum Gasteiger partial charge on any atom is 0.174 e. The van der Waals surface area contributed by atoms with E-state index in [1.165, 1.54) is 12.1 Å². The van der Waals surface area contributed by atoms with Crippen LogP contribution >= 0.6 is 0 Å². The first-order valence-corrected chi connectivity index (χ1v) is 5.54. The minimum absolute atomic E-state index is 0.355. The van der Waals surface area contributed by atoms with E-state index >= 15 is 0 Å². The Labute approximate surface area is 103 Å². The Morgan fingerprint density at radius 3 is 2.94 bits per heavy atom. The first-order valence-electron chi connectivity index (χ1n) is 5.54. The second-order valence-corrected chi connectivity index (χ2v) is 4.29. The van der Waals surface area contributed by atoms with Gasteiger partial charge in [-0.3, -0.25) is 10.7 Å². The molecule has 0 radical (unpaired) electrons. The molecule has 1 aromatic heterocycles. The van der Waals surface area contributed by atoms with Gasteiger partial charge < -0.3 is 10.5 Å². The summed E-state index contributed by atoms with van der Waals surface area (Å²) in [5, 5.41) is 0. The molecule has 1 aliphatic rings. The van der Waals surface area contributed by atoms with Crippen LogP contribution in [0.4, 0.5) is 4.39 Å². The molecule has 0 aliphatic carbocycles. The van der Waals surface area contributed by atoms with Crippen LogP contribution < -0.4 is 16.2 Å². The highest BCUT2D eigenvalue weighted by Gasteiger charge is 2.45. The van der Waals surface area contributed by atoms with Crippen LogP contribution in [0.15, 0.2) is 42.7 Å². The van der Waals surface area contributed by atoms with Crippen molar-refractivity contribution in [2.45, 2.75) is 11.8 Å². The molecule has 0 fully saturated rings. The topological polar surface area (TPSA) is 74.2 Å². The largest absolute Gasteiger partial charge is 0.471 e. The second-order valence-electron chi connectivity index (χ2n) is 4.29. The Morgan fingerprint density at radius 1 is 1.33 bits per heavy atom. The van der Waals surface area contributed by atoms with Crippen molar-refractivity contribution in [1.29, 1.82) is 0 Å². The van der Waals surface area contributed by atoms with Crippen molar-refractivity contribution >= 4 is 0 Å². The molecule has 1 aliphatic heterocycles. The SMILES string of the molecule is NC1Oc2cnccc2C1(N)c1cccc(F)c1. The summed E-state index contributed by atoms with van der Waals surface area (Å²) in [6.07, 6.45) is 2.41. The lowest BCUT2D eigenvalue weighted by atomic mass is 9.84. The predicted molar refractivity (Wildman–Crippen MR) is 64.2 cm³/mol. The molecule has 3 rings (SSSR count). The Bertz CT molecular complexity index is 604. The number of fused-ring (bicyclic) bond motifs is 1. The highest BCUT2D eigenvalue weighted by Crippen LogP contribution is 2.41. The summed E-state index contributed by atoms with van der Waals surface area (Å²) in [4.78, 5) is 3.96. The van der Waals surface area contributed by atoms with Gasteiger partial charge in [-0.05, 0) is 23.8 Å². The quantitative estimate of drug-likeness (QED) is 0.789. The molecule has 1 aromatic carbocycles. The number of hydrogen-bond donors (Lipinski definition) is 2. The van der Waals surface area contributed by atoms with Crippen molar-refractivity contribution in [1.82, 2.24) is 4.98 Å². The van der Waals surface area contributed by atoms with Crippen molar-refractivity contribution in [3.05, 3.63) is 59.7 Å². The molecule has 5 heteroatoms. The van der Waals surface area contributed by atoms with E-state index in [2.05, 4.69) is 4.98 Å². The molecule has 18 heavy (non-hydrogen) atoms. The fourth-order valence-corrected chi connectivity index (χ4v) is 2.26. The molecule has 2 atom stereocenters. The van der Waals surface area contributed by atoms with E-state index in [0.717, 1.165) is 5.56 Å². The number of halogens is 1. The molecule has 0 amide bonds. The maximum absolute atomic E-state index is 13.3. The summed E-state index contributed by atoms with van der Waals surface area (Å²) in [7, 11) is 0. The van der Waals surface area contributed by atoms with E-state index < -0.39 is 11.8 Å². The van der Waals surface area contributed by atoms with E-state index in [4.69, 9.17) is 16.2 Å². The average molecular weight is 245 g/mol. The first kappa shape index (κ1) is 11.1. The van der Waals surface area contributed by atoms with E-state index in [1.54, 1.807) is 30.6 Å². The molecule has 2 aromatic rings. The van der Waals surface area contributed by atoms with Gasteiger partial charge in [-0.25, -0.2) is 4.39 Å². The van der Waals surface area contributed by atoms with Crippen LogP contribution in [0.25, 0.3) is 0 Å². The van der Waals surface area contributed by atoms with Crippen molar-refractivity contribution in [2.75, 3.05) is 0 Å². The van der Waals surface area contributed by atoms with Crippen LogP contribution in [0.5, 0.6) is 5.75 Å². The highest BCUT2D eigenvalue weighted by molar-refractivity contribution is 5.49. The lowest BCUT2D eigenvalue weighted by Crippen LogP contribution is -2.52. The van der Waals surface area contributed by atoms with Gasteiger partial charge in [-0.15, -0.1) is 0 Å². The van der Waals surface area contributed by atoms with Gasteiger partial charge in [0.1, 0.15) is 17.1 Å². The molecular formula is C13H12FN3O. The molecule has 0 bridgehead atoms. The molecule has 0 saturated carbocycles. The summed E-state index contributed by atoms with van der Waals surface area (Å²) in [6, 6.07) is 7.82. The summed E-state index contributed by atoms with van der Waals surface area (Å²) in [5.41, 5.74) is 12.6. The van der Waals surface area contributed by atoms with Gasteiger partial charge >= 0.3 is 0 Å². The summed E-state index contributed by atoms with van der Waals surface area (Å²) in [5.74, 6) is 0.184. The standard InChI is InChI=1S/C13H12FN3O/c14-9-3-1-2-8(6-9)13(16)10-4-5-17-7-11(10)18-12(13)15/h1-7,12H,15-16H2. The van der Waals surface area contributed by atoms with Crippen LogP contribution in [0.3, 0.4) is 0 Å². The third kappa shape index (κ3) is 1.41. The smallest absolute Gasteiger partial charge is 0.174 e. The van der Waals surface area contributed by atoms with Crippen molar-refractivity contribution in [3.63, 3.8) is 0 Å². The molecule has 0 saturated heterocycles. The minimum atomic E-state index is -1.06. The molecule has 0 spiro atoms. The Balaban J connectivity index is 2.20. The number of benzene rings is 1. The number of ether oxygens (including phenoxy) is 1. The fraction of sp³-hybridized carbons (Fsp3) is 0.154. The van der Waals surface area contributed by atoms with Gasteiger partial charge in [0.25, 0.3) is 0 Å². The molecule has 2 unspecified atom stereocenters. The minimum Gasteiger partial charge on any atom is -0.471 e. The number of aromatic nitrogens is 1. The van der Waals surface area contributed by atoms with Gasteiger partial charge in [0.05, 0.1) is 6.20 Å². The predicted octanol–water partition coefficient (Wildman–Crippen LogP) is 1.10. The zero-order valence-electron chi connectivity index (χ0n) is 9.51. The third-order valence-corrected chi connectivity index (χ3v) is 3.24. The normalized spacial score (nSPS) is 25.6.